The van der Waals surface area contributed by atoms with Gasteiger partial charge < -0.3 is 19.7 Å². The second-order valence-electron chi connectivity index (χ2n) is 9.99. The first-order chi connectivity index (χ1) is 18.0. The van der Waals surface area contributed by atoms with Gasteiger partial charge in [-0.05, 0) is 85.8 Å². The van der Waals surface area contributed by atoms with Crippen molar-refractivity contribution in [1.29, 1.82) is 0 Å². The number of aryl methyl sites for hydroxylation is 1. The maximum absolute atomic E-state index is 13.4. The maximum atomic E-state index is 13.4. The second kappa shape index (κ2) is 10.6. The van der Waals surface area contributed by atoms with Gasteiger partial charge in [0.15, 0.2) is 11.5 Å². The summed E-state index contributed by atoms with van der Waals surface area (Å²) in [5.41, 5.74) is 3.14. The van der Waals surface area contributed by atoms with Gasteiger partial charge in [0.25, 0.3) is 11.7 Å². The van der Waals surface area contributed by atoms with E-state index in [0.29, 0.717) is 28.5 Å². The number of ether oxygens (including phenoxy) is 2. The third-order valence-electron chi connectivity index (χ3n) is 6.61. The van der Waals surface area contributed by atoms with Crippen LogP contribution in [0, 0.1) is 6.92 Å². The Hall–Kier alpha value is -4.26. The van der Waals surface area contributed by atoms with Crippen LogP contribution >= 0.6 is 0 Å². The molecule has 0 bridgehead atoms. The van der Waals surface area contributed by atoms with Crippen LogP contribution in [0.3, 0.4) is 0 Å². The van der Waals surface area contributed by atoms with E-state index in [1.165, 1.54) is 18.1 Å². The van der Waals surface area contributed by atoms with Crippen LogP contribution in [-0.2, 0) is 9.59 Å². The third-order valence-corrected chi connectivity index (χ3v) is 6.61. The van der Waals surface area contributed by atoms with Gasteiger partial charge in [-0.15, -0.1) is 0 Å². The van der Waals surface area contributed by atoms with E-state index in [-0.39, 0.29) is 28.9 Å². The maximum Gasteiger partial charge on any atom is 0.300 e. The first-order valence-electron chi connectivity index (χ1n) is 12.6. The molecule has 4 rings (SSSR count). The van der Waals surface area contributed by atoms with Gasteiger partial charge in [-0.2, -0.15) is 0 Å². The summed E-state index contributed by atoms with van der Waals surface area (Å²) in [5.74, 6) is -0.806. The van der Waals surface area contributed by atoms with Crippen molar-refractivity contribution in [2.75, 3.05) is 12.0 Å². The van der Waals surface area contributed by atoms with Crippen molar-refractivity contribution in [2.45, 2.75) is 52.7 Å². The van der Waals surface area contributed by atoms with Crippen LogP contribution in [0.25, 0.3) is 5.76 Å². The largest absolute Gasteiger partial charge is 0.507 e. The molecule has 198 valence electrons. The highest BCUT2D eigenvalue weighted by Gasteiger charge is 2.47. The molecule has 7 nitrogen and oxygen atoms in total. The van der Waals surface area contributed by atoms with Crippen molar-refractivity contribution in [3.63, 3.8) is 0 Å². The minimum absolute atomic E-state index is 0.0247. The number of aromatic hydroxyl groups is 1. The number of carbonyl (C=O) groups excluding carboxylic acids is 2. The first kappa shape index (κ1) is 26.8. The minimum atomic E-state index is -0.969. The Balaban J connectivity index is 1.90. The van der Waals surface area contributed by atoms with Crippen LogP contribution in [0.4, 0.5) is 5.69 Å². The van der Waals surface area contributed by atoms with Crippen molar-refractivity contribution < 1.29 is 29.3 Å². The molecular weight excluding hydrogens is 482 g/mol. The summed E-state index contributed by atoms with van der Waals surface area (Å²) >= 11 is 0. The molecule has 0 saturated carbocycles. The molecule has 0 aromatic heterocycles. The van der Waals surface area contributed by atoms with Crippen molar-refractivity contribution in [2.24, 2.45) is 0 Å². The summed E-state index contributed by atoms with van der Waals surface area (Å²) in [4.78, 5) is 28.2. The molecule has 7 heteroatoms. The summed E-state index contributed by atoms with van der Waals surface area (Å²) < 4.78 is 11.0. The predicted octanol–water partition coefficient (Wildman–Crippen LogP) is 6.25. The fourth-order valence-corrected chi connectivity index (χ4v) is 4.65. The lowest BCUT2D eigenvalue weighted by Gasteiger charge is -2.26. The second-order valence-corrected chi connectivity index (χ2v) is 9.99. The molecule has 1 aliphatic rings. The van der Waals surface area contributed by atoms with Crippen molar-refractivity contribution in [3.8, 4) is 17.2 Å². The van der Waals surface area contributed by atoms with Crippen LogP contribution in [0.15, 0.2) is 66.2 Å². The number of hydrogen-bond acceptors (Lipinski definition) is 6. The number of hydrogen-bond donors (Lipinski definition) is 2. The first-order valence-corrected chi connectivity index (χ1v) is 12.6. The molecule has 1 amide bonds. The Morgan fingerprint density at radius 1 is 0.921 bits per heavy atom. The number of phenols is 1. The van der Waals surface area contributed by atoms with Gasteiger partial charge in [0, 0.05) is 11.3 Å². The normalized spacial score (nSPS) is 16.9. The van der Waals surface area contributed by atoms with Gasteiger partial charge in [0.05, 0.1) is 24.8 Å². The lowest BCUT2D eigenvalue weighted by molar-refractivity contribution is -0.132. The number of methoxy groups -OCH3 is 1. The Labute approximate surface area is 222 Å². The predicted molar refractivity (Wildman–Crippen MR) is 147 cm³/mol. The molecule has 3 aromatic rings. The molecule has 2 N–H and O–H groups in total. The molecule has 1 unspecified atom stereocenters. The molecule has 1 heterocycles. The van der Waals surface area contributed by atoms with E-state index in [1.54, 1.807) is 42.5 Å². The van der Waals surface area contributed by atoms with Crippen molar-refractivity contribution >= 4 is 23.1 Å². The summed E-state index contributed by atoms with van der Waals surface area (Å²) in [7, 11) is 1.44. The average Bonchev–Trinajstić information content (AvgIpc) is 3.14. The smallest absolute Gasteiger partial charge is 0.300 e. The Morgan fingerprint density at radius 3 is 2.13 bits per heavy atom. The zero-order valence-corrected chi connectivity index (χ0v) is 22.5. The zero-order valence-electron chi connectivity index (χ0n) is 22.5. The van der Waals surface area contributed by atoms with Gasteiger partial charge in [0.2, 0.25) is 0 Å². The van der Waals surface area contributed by atoms with Crippen LogP contribution in [0.2, 0.25) is 0 Å². The Kier molecular flexibility index (Phi) is 7.49. The summed E-state index contributed by atoms with van der Waals surface area (Å²) in [5, 5.41) is 22.0. The van der Waals surface area contributed by atoms with E-state index in [4.69, 9.17) is 9.47 Å². The quantitative estimate of drug-likeness (QED) is 0.219. The number of aliphatic hydroxyl groups is 1. The zero-order chi connectivity index (χ0) is 27.7. The molecule has 0 radical (unpaired) electrons. The van der Waals surface area contributed by atoms with E-state index in [9.17, 15) is 19.8 Å². The summed E-state index contributed by atoms with van der Waals surface area (Å²) in [6.45, 7) is 9.84. The number of aliphatic hydroxyl groups excluding tert-OH is 1. The average molecular weight is 516 g/mol. The molecule has 0 aliphatic carbocycles. The molecule has 0 spiro atoms. The fourth-order valence-electron chi connectivity index (χ4n) is 4.65. The number of carbonyl (C=O) groups is 2. The number of benzene rings is 3. The van der Waals surface area contributed by atoms with Gasteiger partial charge in [-0.3, -0.25) is 14.5 Å². The molecular formula is C31H33NO6. The number of ketones is 1. The molecule has 38 heavy (non-hydrogen) atoms. The molecule has 1 saturated heterocycles. The Bertz CT molecular complexity index is 1400. The molecule has 1 aliphatic heterocycles. The highest BCUT2D eigenvalue weighted by Crippen LogP contribution is 2.44. The lowest BCUT2D eigenvalue weighted by Crippen LogP contribution is -2.29. The van der Waals surface area contributed by atoms with Crippen LogP contribution in [0.1, 0.15) is 61.9 Å². The number of anilines is 1. The van der Waals surface area contributed by atoms with E-state index in [0.717, 1.165) is 11.1 Å². The number of rotatable bonds is 7. The van der Waals surface area contributed by atoms with Crippen LogP contribution < -0.4 is 14.4 Å². The summed E-state index contributed by atoms with van der Waals surface area (Å²) in [6, 6.07) is 16.2. The van der Waals surface area contributed by atoms with Gasteiger partial charge in [0.1, 0.15) is 11.5 Å². The van der Waals surface area contributed by atoms with E-state index in [2.05, 4.69) is 13.8 Å². The number of Topliss-reactive ketones (excluding diaryl/α,β-unsaturated/α-hetero) is 1. The minimum Gasteiger partial charge on any atom is -0.507 e. The highest BCUT2D eigenvalue weighted by atomic mass is 16.5. The van der Waals surface area contributed by atoms with E-state index >= 15 is 0 Å². The van der Waals surface area contributed by atoms with Gasteiger partial charge in [-0.25, -0.2) is 0 Å². The van der Waals surface area contributed by atoms with Crippen LogP contribution in [0.5, 0.6) is 17.2 Å². The highest BCUT2D eigenvalue weighted by molar-refractivity contribution is 6.51. The van der Waals surface area contributed by atoms with E-state index < -0.39 is 17.7 Å². The SMILES string of the molecule is COc1ccc(C2/C(=C(/O)c3ccc(OC(C)C)c(C)c3)C(=O)C(=O)N2c2ccc(C(C)C)cc2)cc1O. The monoisotopic (exact) mass is 515 g/mol. The third kappa shape index (κ3) is 4.96. The molecule has 1 atom stereocenters. The standard InChI is InChI=1S/C31H33NO6/c1-17(2)20-7-11-23(12-8-20)32-28(21-9-14-26(37-6)24(33)16-21)27(30(35)31(32)36)29(34)22-10-13-25(19(5)15-22)38-18(3)4/h7-18,28,33-34H,1-6H3/b29-27-. The van der Waals surface area contributed by atoms with Crippen LogP contribution in [-0.4, -0.2) is 35.1 Å². The molecule has 3 aromatic carbocycles. The summed E-state index contributed by atoms with van der Waals surface area (Å²) in [6.07, 6.45) is -0.0247. The topological polar surface area (TPSA) is 96.3 Å². The number of nitrogens with zero attached hydrogens (tertiary/aromatic N) is 1. The van der Waals surface area contributed by atoms with Crippen molar-refractivity contribution in [1.82, 2.24) is 0 Å². The van der Waals surface area contributed by atoms with E-state index in [1.807, 2.05) is 32.9 Å². The lowest BCUT2D eigenvalue weighted by atomic mass is 9.94. The fraction of sp³-hybridized carbons (Fsp3) is 0.290. The van der Waals surface area contributed by atoms with Gasteiger partial charge in [-0.1, -0.05) is 32.0 Å². The van der Waals surface area contributed by atoms with Gasteiger partial charge >= 0.3 is 0 Å². The molecule has 1 fully saturated rings. The number of amides is 1. The number of phenolic OH excluding ortho intramolecular Hbond substituents is 1. The Morgan fingerprint density at radius 2 is 1.58 bits per heavy atom. The van der Waals surface area contributed by atoms with Crippen molar-refractivity contribution in [3.05, 3.63) is 88.5 Å².